The number of aromatic amines is 1. The van der Waals surface area contributed by atoms with E-state index >= 15 is 0 Å². The van der Waals surface area contributed by atoms with Crippen LogP contribution in [0.3, 0.4) is 0 Å². The number of hydrogen-bond acceptors (Lipinski definition) is 6. The fraction of sp³-hybridized carbons (Fsp3) is 0.233. The number of rotatable bonds is 11. The molecule has 1 aromatic heterocycles. The fourth-order valence-corrected chi connectivity index (χ4v) is 4.27. The first-order chi connectivity index (χ1) is 18.1. The second kappa shape index (κ2) is 12.4. The summed E-state index contributed by atoms with van der Waals surface area (Å²) in [6.45, 7) is 3.00. The number of nitrogens with one attached hydrogen (secondary N) is 1. The first-order valence-electron chi connectivity index (χ1n) is 12.4. The highest BCUT2D eigenvalue weighted by atomic mass is 16.5. The number of para-hydroxylation sites is 2. The SMILES string of the molecule is C#COc1ccccc1N(C)/C=C(/CCCC)N(C)Cc1ccc(-c2ccccc2-c2nn[nH]n2)cc1. The molecule has 0 aliphatic heterocycles. The van der Waals surface area contributed by atoms with E-state index in [9.17, 15) is 0 Å². The zero-order valence-electron chi connectivity index (χ0n) is 21.6. The summed E-state index contributed by atoms with van der Waals surface area (Å²) in [6.07, 6.45) is 13.1. The standard InChI is InChI=1S/C30H32N6O/c1-5-7-12-25(22-36(4)28-15-10-11-16-29(28)37-6-2)35(3)21-23-17-19-24(20-18-23)26-13-8-9-14-27(26)30-31-33-34-32-30/h2,8-11,13-20,22H,5,7,12,21H2,1,3-4H3,(H,31,32,33,34)/b25-22-. The number of aromatic nitrogens is 4. The van der Waals surface area contributed by atoms with Crippen molar-refractivity contribution in [3.05, 3.63) is 90.3 Å². The monoisotopic (exact) mass is 492 g/mol. The summed E-state index contributed by atoms with van der Waals surface area (Å²) in [6, 6.07) is 24.5. The predicted molar refractivity (Wildman–Crippen MR) is 148 cm³/mol. The van der Waals surface area contributed by atoms with Crippen molar-refractivity contribution in [2.75, 3.05) is 19.0 Å². The maximum Gasteiger partial charge on any atom is 0.205 e. The lowest BCUT2D eigenvalue weighted by molar-refractivity contribution is 0.389. The van der Waals surface area contributed by atoms with Gasteiger partial charge in [0.1, 0.15) is 6.11 Å². The van der Waals surface area contributed by atoms with E-state index in [1.165, 1.54) is 11.3 Å². The topological polar surface area (TPSA) is 70.2 Å². The molecule has 1 N–H and O–H groups in total. The molecule has 0 fully saturated rings. The normalized spacial score (nSPS) is 11.1. The van der Waals surface area contributed by atoms with Crippen molar-refractivity contribution in [2.24, 2.45) is 0 Å². The first kappa shape index (κ1) is 25.5. The second-order valence-corrected chi connectivity index (χ2v) is 8.86. The molecule has 0 aliphatic carbocycles. The minimum absolute atomic E-state index is 0.587. The summed E-state index contributed by atoms with van der Waals surface area (Å²) < 4.78 is 5.39. The number of terminal acetylenes is 1. The molecule has 37 heavy (non-hydrogen) atoms. The summed E-state index contributed by atoms with van der Waals surface area (Å²) >= 11 is 0. The molecule has 0 saturated carbocycles. The number of unbranched alkanes of at least 4 members (excludes halogenated alkanes) is 1. The molecular weight excluding hydrogens is 460 g/mol. The van der Waals surface area contributed by atoms with Gasteiger partial charge in [0.25, 0.3) is 0 Å². The number of H-pyrrole nitrogens is 1. The quantitative estimate of drug-likeness (QED) is 0.255. The van der Waals surface area contributed by atoms with Crippen LogP contribution in [0.4, 0.5) is 5.69 Å². The summed E-state index contributed by atoms with van der Waals surface area (Å²) in [5, 5.41) is 14.5. The molecule has 3 aromatic carbocycles. The Morgan fingerprint density at radius 2 is 1.73 bits per heavy atom. The lowest BCUT2D eigenvalue weighted by atomic mass is 9.98. The zero-order valence-corrected chi connectivity index (χ0v) is 21.6. The largest absolute Gasteiger partial charge is 0.406 e. The van der Waals surface area contributed by atoms with Gasteiger partial charge in [-0.15, -0.1) is 10.2 Å². The van der Waals surface area contributed by atoms with Crippen LogP contribution in [0.25, 0.3) is 22.5 Å². The third-order valence-corrected chi connectivity index (χ3v) is 6.23. The van der Waals surface area contributed by atoms with Crippen molar-refractivity contribution >= 4 is 5.69 Å². The minimum atomic E-state index is 0.587. The number of tetrazole rings is 1. The van der Waals surface area contributed by atoms with E-state index in [0.717, 1.165) is 48.2 Å². The molecule has 0 aliphatic rings. The van der Waals surface area contributed by atoms with Gasteiger partial charge < -0.3 is 14.5 Å². The molecule has 188 valence electrons. The van der Waals surface area contributed by atoms with Crippen LogP contribution in [-0.4, -0.2) is 39.6 Å². The summed E-state index contributed by atoms with van der Waals surface area (Å²) in [5.74, 6) is 1.25. The molecule has 1 heterocycles. The van der Waals surface area contributed by atoms with Crippen LogP contribution < -0.4 is 9.64 Å². The highest BCUT2D eigenvalue weighted by Gasteiger charge is 2.13. The van der Waals surface area contributed by atoms with E-state index in [2.05, 4.69) is 87.0 Å². The van der Waals surface area contributed by atoms with Gasteiger partial charge in [-0.1, -0.05) is 80.4 Å². The third kappa shape index (κ3) is 6.36. The van der Waals surface area contributed by atoms with Crippen molar-refractivity contribution in [1.82, 2.24) is 25.5 Å². The van der Waals surface area contributed by atoms with Gasteiger partial charge in [-0.05, 0) is 46.9 Å². The molecule has 4 aromatic rings. The fourth-order valence-electron chi connectivity index (χ4n) is 4.27. The average molecular weight is 493 g/mol. The highest BCUT2D eigenvalue weighted by Crippen LogP contribution is 2.31. The Morgan fingerprint density at radius 1 is 1.00 bits per heavy atom. The molecule has 4 rings (SSSR count). The molecule has 0 amide bonds. The Kier molecular flexibility index (Phi) is 8.56. The van der Waals surface area contributed by atoms with Crippen LogP contribution in [0.5, 0.6) is 5.75 Å². The van der Waals surface area contributed by atoms with E-state index in [1.54, 1.807) is 0 Å². The van der Waals surface area contributed by atoms with E-state index in [-0.39, 0.29) is 0 Å². The van der Waals surface area contributed by atoms with Gasteiger partial charge in [-0.25, -0.2) is 0 Å². The molecule has 7 heteroatoms. The Morgan fingerprint density at radius 3 is 2.43 bits per heavy atom. The number of ether oxygens (including phenoxy) is 1. The van der Waals surface area contributed by atoms with Crippen molar-refractivity contribution in [3.63, 3.8) is 0 Å². The van der Waals surface area contributed by atoms with Crippen molar-refractivity contribution in [3.8, 4) is 40.8 Å². The van der Waals surface area contributed by atoms with Gasteiger partial charge in [0.15, 0.2) is 5.75 Å². The maximum atomic E-state index is 5.39. The van der Waals surface area contributed by atoms with Gasteiger partial charge in [0.05, 0.1) is 5.69 Å². The lowest BCUT2D eigenvalue weighted by Crippen LogP contribution is -2.21. The van der Waals surface area contributed by atoms with Crippen molar-refractivity contribution in [1.29, 1.82) is 0 Å². The van der Waals surface area contributed by atoms with Gasteiger partial charge in [-0.3, -0.25) is 0 Å². The third-order valence-electron chi connectivity index (χ3n) is 6.23. The Hall–Kier alpha value is -4.57. The van der Waals surface area contributed by atoms with E-state index in [0.29, 0.717) is 11.6 Å². The lowest BCUT2D eigenvalue weighted by Gasteiger charge is -2.26. The zero-order chi connectivity index (χ0) is 26.0. The predicted octanol–water partition coefficient (Wildman–Crippen LogP) is 6.10. The molecular formula is C30H32N6O. The van der Waals surface area contributed by atoms with Crippen molar-refractivity contribution in [2.45, 2.75) is 32.7 Å². The number of allylic oxidation sites excluding steroid dienone is 1. The first-order valence-corrected chi connectivity index (χ1v) is 12.4. The second-order valence-electron chi connectivity index (χ2n) is 8.86. The smallest absolute Gasteiger partial charge is 0.205 e. The van der Waals surface area contributed by atoms with Crippen LogP contribution in [-0.2, 0) is 6.54 Å². The van der Waals surface area contributed by atoms with Crippen LogP contribution in [0.1, 0.15) is 31.7 Å². The number of nitrogens with zero attached hydrogens (tertiary/aromatic N) is 5. The summed E-state index contributed by atoms with van der Waals surface area (Å²) in [4.78, 5) is 4.38. The number of benzene rings is 3. The van der Waals surface area contributed by atoms with Gasteiger partial charge in [-0.2, -0.15) is 5.21 Å². The molecule has 0 spiro atoms. The molecule has 0 bridgehead atoms. The average Bonchev–Trinajstić information content (AvgIpc) is 3.47. The van der Waals surface area contributed by atoms with E-state index < -0.39 is 0 Å². The molecule has 0 unspecified atom stereocenters. The Labute approximate surface area is 218 Å². The van der Waals surface area contributed by atoms with Crippen LogP contribution in [0, 0.1) is 12.5 Å². The molecule has 0 saturated heterocycles. The van der Waals surface area contributed by atoms with Crippen LogP contribution >= 0.6 is 0 Å². The minimum Gasteiger partial charge on any atom is -0.406 e. The van der Waals surface area contributed by atoms with Gasteiger partial charge in [0.2, 0.25) is 5.82 Å². The Bertz CT molecular complexity index is 1360. The van der Waals surface area contributed by atoms with Crippen LogP contribution in [0.2, 0.25) is 0 Å². The highest BCUT2D eigenvalue weighted by molar-refractivity contribution is 5.80. The summed E-state index contributed by atoms with van der Waals surface area (Å²) in [7, 11) is 4.16. The van der Waals surface area contributed by atoms with Gasteiger partial charge in [0, 0.05) is 38.1 Å². The number of hydrogen-bond donors (Lipinski definition) is 1. The van der Waals surface area contributed by atoms with E-state index in [1.807, 2.05) is 49.5 Å². The summed E-state index contributed by atoms with van der Waals surface area (Å²) in [5.41, 5.74) is 6.52. The van der Waals surface area contributed by atoms with Crippen molar-refractivity contribution < 1.29 is 4.74 Å². The Balaban J connectivity index is 1.53. The molecule has 7 nitrogen and oxygen atoms in total. The maximum absolute atomic E-state index is 5.39. The molecule has 0 atom stereocenters. The van der Waals surface area contributed by atoms with Gasteiger partial charge >= 0.3 is 0 Å². The molecule has 0 radical (unpaired) electrons. The number of anilines is 1. The van der Waals surface area contributed by atoms with Crippen LogP contribution in [0.15, 0.2) is 84.7 Å². The van der Waals surface area contributed by atoms with E-state index in [4.69, 9.17) is 11.2 Å².